The Bertz CT molecular complexity index is 741. The van der Waals surface area contributed by atoms with E-state index in [0.717, 1.165) is 17.9 Å². The number of rotatable bonds is 5. The number of ether oxygens (including phenoxy) is 1. The van der Waals surface area contributed by atoms with Gasteiger partial charge in [0.2, 0.25) is 0 Å². The van der Waals surface area contributed by atoms with Crippen LogP contribution >= 0.6 is 0 Å². The molecule has 0 atom stereocenters. The van der Waals surface area contributed by atoms with E-state index in [4.69, 9.17) is 4.74 Å². The number of nitrogens with zero attached hydrogens (tertiary/aromatic N) is 3. The van der Waals surface area contributed by atoms with Crippen molar-refractivity contribution in [3.05, 3.63) is 48.0 Å². The molecule has 0 radical (unpaired) electrons. The van der Waals surface area contributed by atoms with Crippen molar-refractivity contribution < 1.29 is 14.3 Å². The Morgan fingerprint density at radius 3 is 3.04 bits per heavy atom. The van der Waals surface area contributed by atoms with Gasteiger partial charge in [0.15, 0.2) is 0 Å². The van der Waals surface area contributed by atoms with Crippen LogP contribution in [-0.4, -0.2) is 46.0 Å². The van der Waals surface area contributed by atoms with Gasteiger partial charge < -0.3 is 19.5 Å². The minimum atomic E-state index is -0.321. The van der Waals surface area contributed by atoms with Crippen LogP contribution in [0.1, 0.15) is 23.0 Å². The molecule has 7 heteroatoms. The number of aromatic nitrogens is 2. The third-order valence-corrected chi connectivity index (χ3v) is 3.90. The van der Waals surface area contributed by atoms with E-state index in [2.05, 4.69) is 14.9 Å². The van der Waals surface area contributed by atoms with E-state index in [1.807, 2.05) is 11.0 Å². The van der Waals surface area contributed by atoms with Crippen molar-refractivity contribution in [2.45, 2.75) is 20.0 Å². The van der Waals surface area contributed by atoms with Crippen molar-refractivity contribution in [1.29, 1.82) is 0 Å². The summed E-state index contributed by atoms with van der Waals surface area (Å²) in [6.07, 6.45) is 3.58. The number of carbonyl (C=O) groups excluding carboxylic acids is 2. The zero-order chi connectivity index (χ0) is 16.9. The Labute approximate surface area is 140 Å². The van der Waals surface area contributed by atoms with E-state index < -0.39 is 0 Å². The molecule has 2 aromatic rings. The van der Waals surface area contributed by atoms with Gasteiger partial charge in [0.05, 0.1) is 25.2 Å². The summed E-state index contributed by atoms with van der Waals surface area (Å²) in [7, 11) is 0. The molecule has 3 rings (SSSR count). The Hall–Kier alpha value is -2.83. The zero-order valence-corrected chi connectivity index (χ0v) is 13.6. The molecule has 0 unspecified atom stereocenters. The van der Waals surface area contributed by atoms with Gasteiger partial charge in [0, 0.05) is 30.5 Å². The van der Waals surface area contributed by atoms with E-state index in [1.54, 1.807) is 37.6 Å². The van der Waals surface area contributed by atoms with Crippen LogP contribution in [0.3, 0.4) is 0 Å². The standard InChI is InChI=1S/C17H20N4O3/c1-2-24-16(22)10-19-14-5-3-4-13(8-14)17(23)20-6-7-21-12-18-9-15(21)11-20/h3-5,8-9,12,19H,2,6-7,10-11H2,1H3. The maximum atomic E-state index is 12.7. The number of amides is 1. The summed E-state index contributed by atoms with van der Waals surface area (Å²) in [6.45, 7) is 4.16. The van der Waals surface area contributed by atoms with Crippen molar-refractivity contribution in [2.24, 2.45) is 0 Å². The molecule has 24 heavy (non-hydrogen) atoms. The first-order valence-electron chi connectivity index (χ1n) is 7.95. The SMILES string of the molecule is CCOC(=O)CNc1cccc(C(=O)N2CCn3cncc3C2)c1. The molecule has 0 spiro atoms. The number of nitrogens with one attached hydrogen (secondary N) is 1. The van der Waals surface area contributed by atoms with E-state index >= 15 is 0 Å². The van der Waals surface area contributed by atoms with Crippen LogP contribution in [-0.2, 0) is 22.6 Å². The maximum Gasteiger partial charge on any atom is 0.325 e. The fourth-order valence-electron chi connectivity index (χ4n) is 2.69. The first-order chi connectivity index (χ1) is 11.7. The van der Waals surface area contributed by atoms with Gasteiger partial charge in [0.25, 0.3) is 5.91 Å². The van der Waals surface area contributed by atoms with Gasteiger partial charge >= 0.3 is 5.97 Å². The number of fused-ring (bicyclic) bond motifs is 1. The van der Waals surface area contributed by atoms with Gasteiger partial charge in [-0.25, -0.2) is 4.98 Å². The lowest BCUT2D eigenvalue weighted by Gasteiger charge is -2.28. The number of hydrogen-bond acceptors (Lipinski definition) is 5. The molecule has 1 amide bonds. The number of carbonyl (C=O) groups is 2. The summed E-state index contributed by atoms with van der Waals surface area (Å²) in [5.41, 5.74) is 2.35. The second kappa shape index (κ2) is 7.16. The zero-order valence-electron chi connectivity index (χ0n) is 13.6. The van der Waals surface area contributed by atoms with Crippen LogP contribution in [0.4, 0.5) is 5.69 Å². The molecule has 7 nitrogen and oxygen atoms in total. The van der Waals surface area contributed by atoms with Crippen molar-refractivity contribution in [2.75, 3.05) is 25.0 Å². The summed E-state index contributed by atoms with van der Waals surface area (Å²) in [5.74, 6) is -0.347. The number of hydrogen-bond donors (Lipinski definition) is 1. The van der Waals surface area contributed by atoms with Crippen molar-refractivity contribution in [3.63, 3.8) is 0 Å². The van der Waals surface area contributed by atoms with Crippen molar-refractivity contribution in [3.8, 4) is 0 Å². The van der Waals surface area contributed by atoms with Crippen molar-refractivity contribution >= 4 is 17.6 Å². The molecular formula is C17H20N4O3. The summed E-state index contributed by atoms with van der Waals surface area (Å²) in [6, 6.07) is 7.16. The third-order valence-electron chi connectivity index (χ3n) is 3.90. The quantitative estimate of drug-likeness (QED) is 0.842. The van der Waals surface area contributed by atoms with E-state index in [0.29, 0.717) is 25.3 Å². The molecule has 126 valence electrons. The average Bonchev–Trinajstić information content (AvgIpc) is 3.07. The molecule has 1 aliphatic heterocycles. The highest BCUT2D eigenvalue weighted by Crippen LogP contribution is 2.17. The number of esters is 1. The van der Waals surface area contributed by atoms with Crippen molar-refractivity contribution in [1.82, 2.24) is 14.5 Å². The third kappa shape index (κ3) is 3.56. The Balaban J connectivity index is 1.65. The fourth-order valence-corrected chi connectivity index (χ4v) is 2.69. The molecule has 1 aliphatic rings. The highest BCUT2D eigenvalue weighted by molar-refractivity contribution is 5.95. The Morgan fingerprint density at radius 1 is 1.33 bits per heavy atom. The minimum absolute atomic E-state index is 0.0257. The number of anilines is 1. The van der Waals surface area contributed by atoms with Crippen LogP contribution in [0.15, 0.2) is 36.8 Å². The van der Waals surface area contributed by atoms with Gasteiger partial charge in [-0.05, 0) is 25.1 Å². The molecule has 1 N–H and O–H groups in total. The van der Waals surface area contributed by atoms with Crippen LogP contribution in [0.2, 0.25) is 0 Å². The van der Waals surface area contributed by atoms with Gasteiger partial charge in [-0.15, -0.1) is 0 Å². The number of imidazole rings is 1. The monoisotopic (exact) mass is 328 g/mol. The van der Waals surface area contributed by atoms with Gasteiger partial charge in [-0.1, -0.05) is 6.07 Å². The van der Waals surface area contributed by atoms with Crippen LogP contribution < -0.4 is 5.32 Å². The van der Waals surface area contributed by atoms with Crippen LogP contribution in [0, 0.1) is 0 Å². The summed E-state index contributed by atoms with van der Waals surface area (Å²) in [4.78, 5) is 30.0. The lowest BCUT2D eigenvalue weighted by Crippen LogP contribution is -2.37. The molecule has 2 heterocycles. The maximum absolute atomic E-state index is 12.7. The topological polar surface area (TPSA) is 76.5 Å². The summed E-state index contributed by atoms with van der Waals surface area (Å²) >= 11 is 0. The van der Waals surface area contributed by atoms with Crippen LogP contribution in [0.25, 0.3) is 0 Å². The Kier molecular flexibility index (Phi) is 4.79. The lowest BCUT2D eigenvalue weighted by atomic mass is 10.1. The average molecular weight is 328 g/mol. The highest BCUT2D eigenvalue weighted by atomic mass is 16.5. The van der Waals surface area contributed by atoms with E-state index in [1.165, 1.54) is 0 Å². The molecular weight excluding hydrogens is 308 g/mol. The largest absolute Gasteiger partial charge is 0.465 e. The molecule has 0 saturated carbocycles. The van der Waals surface area contributed by atoms with E-state index in [-0.39, 0.29) is 18.4 Å². The predicted molar refractivity (Wildman–Crippen MR) is 88.5 cm³/mol. The molecule has 0 aliphatic carbocycles. The van der Waals surface area contributed by atoms with Gasteiger partial charge in [-0.2, -0.15) is 0 Å². The minimum Gasteiger partial charge on any atom is -0.465 e. The summed E-state index contributed by atoms with van der Waals surface area (Å²) in [5, 5.41) is 2.98. The molecule has 1 aromatic heterocycles. The molecule has 1 aromatic carbocycles. The smallest absolute Gasteiger partial charge is 0.325 e. The molecule has 0 fully saturated rings. The first-order valence-corrected chi connectivity index (χ1v) is 7.95. The lowest BCUT2D eigenvalue weighted by molar-refractivity contribution is -0.140. The second-order valence-electron chi connectivity index (χ2n) is 5.54. The van der Waals surface area contributed by atoms with Gasteiger partial charge in [0.1, 0.15) is 6.54 Å². The summed E-state index contributed by atoms with van der Waals surface area (Å²) < 4.78 is 6.93. The van der Waals surface area contributed by atoms with Gasteiger partial charge in [-0.3, -0.25) is 9.59 Å². The van der Waals surface area contributed by atoms with Crippen LogP contribution in [0.5, 0.6) is 0 Å². The van der Waals surface area contributed by atoms with E-state index in [9.17, 15) is 9.59 Å². The highest BCUT2D eigenvalue weighted by Gasteiger charge is 2.21. The first kappa shape index (κ1) is 16.0. The molecule has 0 saturated heterocycles. The second-order valence-corrected chi connectivity index (χ2v) is 5.54. The predicted octanol–water partition coefficient (Wildman–Crippen LogP) is 1.51. The fraction of sp³-hybridized carbons (Fsp3) is 0.353. The molecule has 0 bridgehead atoms. The Morgan fingerprint density at radius 2 is 2.21 bits per heavy atom. The number of benzene rings is 1. The normalized spacial score (nSPS) is 13.3.